The van der Waals surface area contributed by atoms with Crippen LogP contribution in [0.5, 0.6) is 0 Å². The summed E-state index contributed by atoms with van der Waals surface area (Å²) in [6, 6.07) is 12.9. The molecule has 0 aliphatic carbocycles. The first-order chi connectivity index (χ1) is 15.5. The third kappa shape index (κ3) is 4.48. The van der Waals surface area contributed by atoms with E-state index in [1.165, 1.54) is 34.9 Å². The zero-order chi connectivity index (χ0) is 22.7. The summed E-state index contributed by atoms with van der Waals surface area (Å²) < 4.78 is 5.82. The van der Waals surface area contributed by atoms with Gasteiger partial charge in [-0.15, -0.1) is 6.58 Å². The third-order valence-corrected chi connectivity index (χ3v) is 5.71. The number of carbonyl (C=O) groups excluding carboxylic acids is 1. The maximum absolute atomic E-state index is 12.9. The molecule has 8 nitrogen and oxygen atoms in total. The zero-order valence-corrected chi connectivity index (χ0v) is 18.0. The van der Waals surface area contributed by atoms with Crippen LogP contribution < -0.4 is 0 Å². The molecular weight excluding hydrogens is 452 g/mol. The number of non-ortho nitro benzene ring substituents is 1. The van der Waals surface area contributed by atoms with Gasteiger partial charge in [0, 0.05) is 36.5 Å². The number of hydrogen-bond acceptors (Lipinski definition) is 7. The average Bonchev–Trinajstić information content (AvgIpc) is 3.35. The quantitative estimate of drug-likeness (QED) is 0.200. The number of amidine groups is 1. The van der Waals surface area contributed by atoms with Gasteiger partial charge in [-0.05, 0) is 42.1 Å². The summed E-state index contributed by atoms with van der Waals surface area (Å²) in [6.45, 7) is 4.01. The van der Waals surface area contributed by atoms with Crippen molar-refractivity contribution in [1.29, 1.82) is 0 Å². The van der Waals surface area contributed by atoms with Gasteiger partial charge in [0.05, 0.1) is 14.9 Å². The fraction of sp³-hybridized carbons (Fsp3) is 0.0455. The molecule has 1 aliphatic heterocycles. The summed E-state index contributed by atoms with van der Waals surface area (Å²) in [5, 5.41) is 11.6. The average molecular weight is 467 g/mol. The van der Waals surface area contributed by atoms with E-state index in [0.717, 1.165) is 0 Å². The monoisotopic (exact) mass is 466 g/mol. The standard InChI is InChI=1S/C22H15ClN4O4S/c1-2-11-26-21(28)19(32-22(26)25-20-5-3-4-10-24-20)13-15-7-9-18(31-15)16-8-6-14(27(29)30)12-17(16)23/h2-10,12-13H,1,11H2/b19-13+,25-22+. The Hall–Kier alpha value is -3.69. The van der Waals surface area contributed by atoms with E-state index >= 15 is 0 Å². The van der Waals surface area contributed by atoms with Crippen LogP contribution in [0.1, 0.15) is 5.76 Å². The number of aliphatic imine (C=N–C) groups is 1. The van der Waals surface area contributed by atoms with Crippen LogP contribution in [-0.2, 0) is 4.79 Å². The summed E-state index contributed by atoms with van der Waals surface area (Å²) >= 11 is 7.39. The Balaban J connectivity index is 1.62. The normalized spacial score (nSPS) is 16.2. The number of furan rings is 1. The minimum atomic E-state index is -0.518. The van der Waals surface area contributed by atoms with Crippen molar-refractivity contribution >= 4 is 52.0 Å². The molecule has 1 aromatic carbocycles. The Morgan fingerprint density at radius 2 is 2.12 bits per heavy atom. The highest BCUT2D eigenvalue weighted by atomic mass is 35.5. The molecule has 3 aromatic rings. The molecule has 10 heteroatoms. The fourth-order valence-electron chi connectivity index (χ4n) is 2.92. The van der Waals surface area contributed by atoms with E-state index in [4.69, 9.17) is 16.0 Å². The molecular formula is C22H15ClN4O4S. The smallest absolute Gasteiger partial charge is 0.270 e. The summed E-state index contributed by atoms with van der Waals surface area (Å²) in [4.78, 5) is 33.9. The number of halogens is 1. The second kappa shape index (κ2) is 9.21. The first kappa shape index (κ1) is 21.5. The number of nitro benzene ring substituents is 1. The molecule has 0 radical (unpaired) electrons. The number of nitrogens with zero attached hydrogens (tertiary/aromatic N) is 4. The first-order valence-corrected chi connectivity index (χ1v) is 10.5. The molecule has 1 amide bonds. The van der Waals surface area contributed by atoms with Crippen LogP contribution in [0.4, 0.5) is 11.5 Å². The van der Waals surface area contributed by atoms with Crippen LogP contribution in [0.15, 0.2) is 81.7 Å². The summed E-state index contributed by atoms with van der Waals surface area (Å²) in [6.07, 6.45) is 4.87. The number of aromatic nitrogens is 1. The lowest BCUT2D eigenvalue weighted by Gasteiger charge is -2.12. The van der Waals surface area contributed by atoms with Gasteiger partial charge in [0.25, 0.3) is 11.6 Å². The Kier molecular flexibility index (Phi) is 6.20. The van der Waals surface area contributed by atoms with Gasteiger partial charge < -0.3 is 4.42 Å². The second-order valence-electron chi connectivity index (χ2n) is 6.52. The van der Waals surface area contributed by atoms with Crippen molar-refractivity contribution in [1.82, 2.24) is 9.88 Å². The highest BCUT2D eigenvalue weighted by molar-refractivity contribution is 8.18. The lowest BCUT2D eigenvalue weighted by atomic mass is 10.1. The third-order valence-electron chi connectivity index (χ3n) is 4.39. The number of hydrogen-bond donors (Lipinski definition) is 0. The van der Waals surface area contributed by atoms with Gasteiger partial charge in [-0.25, -0.2) is 9.98 Å². The predicted octanol–water partition coefficient (Wildman–Crippen LogP) is 5.69. The molecule has 4 rings (SSSR count). The van der Waals surface area contributed by atoms with Crippen LogP contribution in [0.2, 0.25) is 5.02 Å². The lowest BCUT2D eigenvalue weighted by molar-refractivity contribution is -0.384. The molecule has 2 aromatic heterocycles. The molecule has 0 saturated carbocycles. The van der Waals surface area contributed by atoms with Gasteiger partial charge >= 0.3 is 0 Å². The van der Waals surface area contributed by atoms with Crippen LogP contribution in [-0.4, -0.2) is 32.4 Å². The van der Waals surface area contributed by atoms with E-state index in [9.17, 15) is 14.9 Å². The minimum absolute atomic E-state index is 0.109. The van der Waals surface area contributed by atoms with Crippen molar-refractivity contribution in [3.05, 3.63) is 93.2 Å². The lowest BCUT2D eigenvalue weighted by Crippen LogP contribution is -2.29. The molecule has 0 bridgehead atoms. The van der Waals surface area contributed by atoms with Crippen LogP contribution in [0.25, 0.3) is 17.4 Å². The molecule has 0 unspecified atom stereocenters. The number of benzene rings is 1. The number of nitro groups is 1. The fourth-order valence-corrected chi connectivity index (χ4v) is 4.17. The Morgan fingerprint density at radius 1 is 1.28 bits per heavy atom. The van der Waals surface area contributed by atoms with Crippen LogP contribution in [0, 0.1) is 10.1 Å². The van der Waals surface area contributed by atoms with Crippen molar-refractivity contribution in [3.63, 3.8) is 0 Å². The van der Waals surface area contributed by atoms with Crippen LogP contribution >= 0.6 is 23.4 Å². The molecule has 0 spiro atoms. The minimum Gasteiger partial charge on any atom is -0.457 e. The molecule has 1 aliphatic rings. The van der Waals surface area contributed by atoms with Crippen LogP contribution in [0.3, 0.4) is 0 Å². The number of amides is 1. The van der Waals surface area contributed by atoms with Gasteiger partial charge in [-0.1, -0.05) is 23.7 Å². The Labute approximate surface area is 192 Å². The SMILES string of the molecule is C=CCN1C(=O)/C(=C\c2ccc(-c3ccc([N+](=O)[O-])cc3Cl)o2)S/C1=N/c1ccccn1. The predicted molar refractivity (Wildman–Crippen MR) is 125 cm³/mol. The highest BCUT2D eigenvalue weighted by Crippen LogP contribution is 2.36. The summed E-state index contributed by atoms with van der Waals surface area (Å²) in [7, 11) is 0. The van der Waals surface area contributed by atoms with Crippen molar-refractivity contribution in [2.45, 2.75) is 0 Å². The molecule has 0 atom stereocenters. The second-order valence-corrected chi connectivity index (χ2v) is 7.94. The van der Waals surface area contributed by atoms with E-state index in [1.54, 1.807) is 42.6 Å². The van der Waals surface area contributed by atoms with Crippen molar-refractivity contribution in [3.8, 4) is 11.3 Å². The maximum Gasteiger partial charge on any atom is 0.270 e. The first-order valence-electron chi connectivity index (χ1n) is 9.32. The van der Waals surface area contributed by atoms with Gasteiger partial charge in [0.2, 0.25) is 0 Å². The zero-order valence-electron chi connectivity index (χ0n) is 16.5. The Morgan fingerprint density at radius 3 is 2.81 bits per heavy atom. The van der Waals surface area contributed by atoms with E-state index in [1.807, 2.05) is 6.07 Å². The molecule has 160 valence electrons. The van der Waals surface area contributed by atoms with Crippen molar-refractivity contribution in [2.24, 2.45) is 4.99 Å². The maximum atomic E-state index is 12.9. The molecule has 32 heavy (non-hydrogen) atoms. The molecule has 3 heterocycles. The van der Waals surface area contributed by atoms with Crippen molar-refractivity contribution < 1.29 is 14.1 Å². The number of rotatable bonds is 6. The number of thioether (sulfide) groups is 1. The highest BCUT2D eigenvalue weighted by Gasteiger charge is 2.33. The summed E-state index contributed by atoms with van der Waals surface area (Å²) in [5.74, 6) is 1.13. The number of carbonyl (C=O) groups is 1. The topological polar surface area (TPSA) is 102 Å². The summed E-state index contributed by atoms with van der Waals surface area (Å²) in [5.41, 5.74) is 0.403. The van der Waals surface area contributed by atoms with Gasteiger partial charge in [-0.2, -0.15) is 0 Å². The molecule has 1 fully saturated rings. The van der Waals surface area contributed by atoms with E-state index in [2.05, 4.69) is 16.6 Å². The molecule has 1 saturated heterocycles. The van der Waals surface area contributed by atoms with E-state index in [0.29, 0.717) is 39.5 Å². The van der Waals surface area contributed by atoms with Gasteiger partial charge in [0.15, 0.2) is 11.0 Å². The van der Waals surface area contributed by atoms with Crippen molar-refractivity contribution in [2.75, 3.05) is 6.54 Å². The largest absolute Gasteiger partial charge is 0.457 e. The van der Waals surface area contributed by atoms with Gasteiger partial charge in [-0.3, -0.25) is 19.8 Å². The van der Waals surface area contributed by atoms with E-state index < -0.39 is 4.92 Å². The number of pyridine rings is 1. The molecule has 0 N–H and O–H groups in total. The Bertz CT molecular complexity index is 1270. The van der Waals surface area contributed by atoms with E-state index in [-0.39, 0.29) is 16.6 Å². The van der Waals surface area contributed by atoms with Gasteiger partial charge in [0.1, 0.15) is 11.5 Å².